The molecule has 0 aromatic heterocycles. The van der Waals surface area contributed by atoms with Gasteiger partial charge in [0.2, 0.25) is 5.91 Å². The van der Waals surface area contributed by atoms with Gasteiger partial charge in [0.1, 0.15) is 0 Å². The Morgan fingerprint density at radius 3 is 2.64 bits per heavy atom. The lowest BCUT2D eigenvalue weighted by Gasteiger charge is -2.24. The average Bonchev–Trinajstić information content (AvgIpc) is 2.68. The Morgan fingerprint density at radius 1 is 1.25 bits per heavy atom. The summed E-state index contributed by atoms with van der Waals surface area (Å²) in [5, 5.41) is 11.7. The van der Waals surface area contributed by atoms with Crippen molar-refractivity contribution in [2.24, 2.45) is 0 Å². The minimum Gasteiger partial charge on any atom is -0.493 e. The number of hydrogen-bond acceptors (Lipinski definition) is 5. The Balaban J connectivity index is 2.03. The zero-order valence-electron chi connectivity index (χ0n) is 15.8. The Hall–Kier alpha value is -3.18. The van der Waals surface area contributed by atoms with Crippen LogP contribution in [0.3, 0.4) is 0 Å². The first kappa shape index (κ1) is 21.1. The van der Waals surface area contributed by atoms with Gasteiger partial charge < -0.3 is 14.8 Å². The molecule has 2 aromatic rings. The Labute approximate surface area is 162 Å². The lowest BCUT2D eigenvalue weighted by Crippen LogP contribution is -2.39. The molecule has 0 aliphatic heterocycles. The molecule has 28 heavy (non-hydrogen) atoms. The van der Waals surface area contributed by atoms with Crippen LogP contribution in [-0.4, -0.2) is 37.6 Å². The van der Waals surface area contributed by atoms with Crippen molar-refractivity contribution in [2.75, 3.05) is 19.5 Å². The minimum atomic E-state index is -2.94. The van der Waals surface area contributed by atoms with E-state index in [9.17, 15) is 13.6 Å². The quantitative estimate of drug-likeness (QED) is 0.746. The van der Waals surface area contributed by atoms with Crippen molar-refractivity contribution in [1.82, 2.24) is 4.90 Å². The number of benzene rings is 2. The van der Waals surface area contributed by atoms with Crippen LogP contribution in [0.15, 0.2) is 42.5 Å². The maximum atomic E-state index is 12.5. The topological polar surface area (TPSA) is 74.6 Å². The number of hydrogen-bond donors (Lipinski definition) is 1. The summed E-state index contributed by atoms with van der Waals surface area (Å²) < 4.78 is 34.3. The third-order valence-corrected chi connectivity index (χ3v) is 4.18. The van der Waals surface area contributed by atoms with Gasteiger partial charge in [-0.05, 0) is 49.9 Å². The fraction of sp³-hybridized carbons (Fsp3) is 0.300. The molecule has 0 heterocycles. The molecule has 1 amide bonds. The molecule has 2 rings (SSSR count). The lowest BCUT2D eigenvalue weighted by atomic mass is 10.1. The number of carbonyl (C=O) groups is 1. The Bertz CT molecular complexity index is 868. The number of alkyl halides is 2. The highest BCUT2D eigenvalue weighted by Gasteiger charge is 2.19. The molecule has 148 valence electrons. The van der Waals surface area contributed by atoms with Gasteiger partial charge >= 0.3 is 6.61 Å². The number of likely N-dealkylation sites (N-methyl/N-ethyl adjacent to an activating group) is 1. The van der Waals surface area contributed by atoms with Crippen LogP contribution in [0.25, 0.3) is 0 Å². The molecule has 0 aliphatic carbocycles. The first-order valence-electron chi connectivity index (χ1n) is 8.47. The second-order valence-corrected chi connectivity index (χ2v) is 6.14. The number of ether oxygens (including phenoxy) is 2. The van der Waals surface area contributed by atoms with Crippen molar-refractivity contribution in [3.63, 3.8) is 0 Å². The normalized spacial score (nSPS) is 11.8. The van der Waals surface area contributed by atoms with E-state index in [1.54, 1.807) is 55.3 Å². The van der Waals surface area contributed by atoms with Crippen LogP contribution >= 0.6 is 0 Å². The number of amides is 1. The standard InChI is InChI=1S/C20H21F2N3O3/c1-13(19(26)24-16-6-4-5-14(9-16)11-23)25(2)12-15-7-8-17(28-20(21)22)18(10-15)27-3/h4-10,13,20H,12H2,1-3H3,(H,24,26)/t13-/m0/s1. The van der Waals surface area contributed by atoms with E-state index < -0.39 is 12.7 Å². The van der Waals surface area contributed by atoms with Crippen LogP contribution < -0.4 is 14.8 Å². The summed E-state index contributed by atoms with van der Waals surface area (Å²) in [7, 11) is 3.14. The average molecular weight is 389 g/mol. The van der Waals surface area contributed by atoms with Gasteiger partial charge in [0.15, 0.2) is 11.5 Å². The number of anilines is 1. The van der Waals surface area contributed by atoms with Gasteiger partial charge in [-0.2, -0.15) is 14.0 Å². The first-order chi connectivity index (χ1) is 13.3. The number of nitriles is 1. The summed E-state index contributed by atoms with van der Waals surface area (Å²) >= 11 is 0. The third kappa shape index (κ3) is 5.66. The molecule has 2 aromatic carbocycles. The lowest BCUT2D eigenvalue weighted by molar-refractivity contribution is -0.120. The van der Waals surface area contributed by atoms with Crippen LogP contribution in [0, 0.1) is 11.3 Å². The van der Waals surface area contributed by atoms with E-state index in [4.69, 9.17) is 10.00 Å². The van der Waals surface area contributed by atoms with Crippen LogP contribution in [0.2, 0.25) is 0 Å². The molecule has 0 saturated carbocycles. The summed E-state index contributed by atoms with van der Waals surface area (Å²) in [6.45, 7) is -0.807. The molecule has 0 bridgehead atoms. The number of methoxy groups -OCH3 is 1. The Morgan fingerprint density at radius 2 is 2.00 bits per heavy atom. The van der Waals surface area contributed by atoms with Crippen molar-refractivity contribution in [1.29, 1.82) is 5.26 Å². The molecule has 0 aliphatic rings. The summed E-state index contributed by atoms with van der Waals surface area (Å²) in [5.41, 5.74) is 1.77. The van der Waals surface area contributed by atoms with Crippen molar-refractivity contribution < 1.29 is 23.0 Å². The molecule has 0 saturated heterocycles. The van der Waals surface area contributed by atoms with Gasteiger partial charge in [-0.15, -0.1) is 0 Å². The maximum absolute atomic E-state index is 12.5. The highest BCUT2D eigenvalue weighted by Crippen LogP contribution is 2.30. The van der Waals surface area contributed by atoms with Gasteiger partial charge in [0, 0.05) is 12.2 Å². The van der Waals surface area contributed by atoms with Crippen LogP contribution in [0.1, 0.15) is 18.1 Å². The van der Waals surface area contributed by atoms with E-state index in [-0.39, 0.29) is 17.4 Å². The van der Waals surface area contributed by atoms with E-state index in [0.29, 0.717) is 17.8 Å². The first-order valence-corrected chi connectivity index (χ1v) is 8.47. The second-order valence-electron chi connectivity index (χ2n) is 6.14. The fourth-order valence-corrected chi connectivity index (χ4v) is 2.54. The summed E-state index contributed by atoms with van der Waals surface area (Å²) in [6, 6.07) is 12.8. The van der Waals surface area contributed by atoms with Gasteiger partial charge in [-0.25, -0.2) is 0 Å². The molecule has 0 spiro atoms. The minimum absolute atomic E-state index is 0.0490. The smallest absolute Gasteiger partial charge is 0.387 e. The van der Waals surface area contributed by atoms with Gasteiger partial charge in [0.05, 0.1) is 24.8 Å². The van der Waals surface area contributed by atoms with Crippen molar-refractivity contribution in [2.45, 2.75) is 26.1 Å². The molecule has 6 nitrogen and oxygen atoms in total. The molecule has 8 heteroatoms. The van der Waals surface area contributed by atoms with E-state index in [1.165, 1.54) is 13.2 Å². The molecule has 0 unspecified atom stereocenters. The van der Waals surface area contributed by atoms with Crippen molar-refractivity contribution >= 4 is 11.6 Å². The zero-order valence-corrected chi connectivity index (χ0v) is 15.8. The summed E-state index contributed by atoms with van der Waals surface area (Å²) in [6.07, 6.45) is 0. The summed E-state index contributed by atoms with van der Waals surface area (Å²) in [4.78, 5) is 14.3. The molecular formula is C20H21F2N3O3. The largest absolute Gasteiger partial charge is 0.493 e. The summed E-state index contributed by atoms with van der Waals surface area (Å²) in [5.74, 6) is -0.0918. The molecule has 0 radical (unpaired) electrons. The zero-order chi connectivity index (χ0) is 20.7. The second kappa shape index (κ2) is 9.67. The van der Waals surface area contributed by atoms with Gasteiger partial charge in [-0.3, -0.25) is 9.69 Å². The molecule has 0 fully saturated rings. The monoisotopic (exact) mass is 389 g/mol. The van der Waals surface area contributed by atoms with Crippen LogP contribution in [-0.2, 0) is 11.3 Å². The number of nitrogens with zero attached hydrogens (tertiary/aromatic N) is 2. The van der Waals surface area contributed by atoms with Gasteiger partial charge in [-0.1, -0.05) is 12.1 Å². The van der Waals surface area contributed by atoms with Gasteiger partial charge in [0.25, 0.3) is 0 Å². The van der Waals surface area contributed by atoms with E-state index in [2.05, 4.69) is 10.1 Å². The third-order valence-electron chi connectivity index (χ3n) is 4.18. The SMILES string of the molecule is COc1cc(CN(C)[C@@H](C)C(=O)Nc2cccc(C#N)c2)ccc1OC(F)F. The number of rotatable bonds is 8. The van der Waals surface area contributed by atoms with Crippen LogP contribution in [0.5, 0.6) is 11.5 Å². The number of carbonyl (C=O) groups excluding carboxylic acids is 1. The van der Waals surface area contributed by atoms with E-state index >= 15 is 0 Å². The van der Waals surface area contributed by atoms with Crippen molar-refractivity contribution in [3.05, 3.63) is 53.6 Å². The number of halogens is 2. The maximum Gasteiger partial charge on any atom is 0.387 e. The molecule has 1 N–H and O–H groups in total. The highest BCUT2D eigenvalue weighted by atomic mass is 19.3. The predicted molar refractivity (Wildman–Crippen MR) is 100 cm³/mol. The van der Waals surface area contributed by atoms with E-state index in [1.807, 2.05) is 6.07 Å². The number of nitrogens with one attached hydrogen (secondary N) is 1. The van der Waals surface area contributed by atoms with Crippen LogP contribution in [0.4, 0.5) is 14.5 Å². The fourth-order valence-electron chi connectivity index (χ4n) is 2.54. The Kier molecular flexibility index (Phi) is 7.29. The van der Waals surface area contributed by atoms with Crippen molar-refractivity contribution in [3.8, 4) is 17.6 Å². The predicted octanol–water partition coefficient (Wildman–Crippen LogP) is 3.63. The highest BCUT2D eigenvalue weighted by molar-refractivity contribution is 5.94. The molecule has 1 atom stereocenters. The van der Waals surface area contributed by atoms with E-state index in [0.717, 1.165) is 5.56 Å². The molecular weight excluding hydrogens is 368 g/mol.